The van der Waals surface area contributed by atoms with Crippen LogP contribution < -0.4 is 5.32 Å². The number of hydrogen-bond acceptors (Lipinski definition) is 6. The van der Waals surface area contributed by atoms with E-state index < -0.39 is 40.3 Å². The van der Waals surface area contributed by atoms with Gasteiger partial charge in [0, 0.05) is 31.4 Å². The van der Waals surface area contributed by atoms with Crippen molar-refractivity contribution < 1.29 is 28.6 Å². The third kappa shape index (κ3) is 3.86. The van der Waals surface area contributed by atoms with Gasteiger partial charge in [-0.25, -0.2) is 8.78 Å². The van der Waals surface area contributed by atoms with Crippen LogP contribution in [0.1, 0.15) is 24.8 Å². The van der Waals surface area contributed by atoms with Gasteiger partial charge in [-0.05, 0) is 18.9 Å². The second-order valence-electron chi connectivity index (χ2n) is 7.58. The van der Waals surface area contributed by atoms with Crippen molar-refractivity contribution in [1.29, 1.82) is 0 Å². The van der Waals surface area contributed by atoms with Gasteiger partial charge in [-0.1, -0.05) is 24.1 Å². The molecule has 2 unspecified atom stereocenters. The quantitative estimate of drug-likeness (QED) is 0.602. The smallest absolute Gasteiger partial charge is 0.276 e. The Kier molecular flexibility index (Phi) is 5.87. The zero-order valence-corrected chi connectivity index (χ0v) is 17.2. The highest BCUT2D eigenvalue weighted by molar-refractivity contribution is 6.30. The standard InChI is InChI=1S/C20H21ClF2N4O4/c21-14-13(22)5-4-11(15(14)23)8-24-19(30)12-9-27-16(18(29)17(12)28)20(31)25-6-2-1-3-7-26(27)10-25/h4-5,9,17,28-29H,1-3,6-8,10H2,(H,24,30). The number of nitrogens with one attached hydrogen (secondary N) is 1. The van der Waals surface area contributed by atoms with Crippen LogP contribution in [0.2, 0.25) is 5.02 Å². The van der Waals surface area contributed by atoms with Crippen molar-refractivity contribution in [3.63, 3.8) is 0 Å². The van der Waals surface area contributed by atoms with Crippen LogP contribution >= 0.6 is 11.6 Å². The fraction of sp³-hybridized carbons (Fsp3) is 0.400. The van der Waals surface area contributed by atoms with Crippen molar-refractivity contribution in [1.82, 2.24) is 20.2 Å². The molecule has 0 aromatic heterocycles. The number of carbonyl (C=O) groups is 2. The van der Waals surface area contributed by atoms with Crippen LogP contribution in [0, 0.1) is 11.6 Å². The van der Waals surface area contributed by atoms with Crippen LogP contribution in [0.25, 0.3) is 0 Å². The van der Waals surface area contributed by atoms with Crippen molar-refractivity contribution in [3.05, 3.63) is 57.6 Å². The van der Waals surface area contributed by atoms with Crippen molar-refractivity contribution in [2.24, 2.45) is 0 Å². The van der Waals surface area contributed by atoms with Crippen LogP contribution in [-0.2, 0) is 16.1 Å². The maximum atomic E-state index is 14.1. The van der Waals surface area contributed by atoms with Gasteiger partial charge in [-0.2, -0.15) is 5.01 Å². The van der Waals surface area contributed by atoms with E-state index in [9.17, 15) is 28.6 Å². The number of benzene rings is 1. The van der Waals surface area contributed by atoms with Crippen LogP contribution in [0.5, 0.6) is 0 Å². The summed E-state index contributed by atoms with van der Waals surface area (Å²) in [5.41, 5.74) is -0.342. The van der Waals surface area contributed by atoms with E-state index in [1.165, 1.54) is 11.2 Å². The number of hydrogen-bond donors (Lipinski definition) is 3. The number of amides is 2. The van der Waals surface area contributed by atoms with Crippen molar-refractivity contribution in [2.45, 2.75) is 31.9 Å². The lowest BCUT2D eigenvalue weighted by Crippen LogP contribution is -2.59. The molecule has 0 saturated carbocycles. The summed E-state index contributed by atoms with van der Waals surface area (Å²) in [4.78, 5) is 27.1. The van der Waals surface area contributed by atoms with Crippen molar-refractivity contribution in [3.8, 4) is 0 Å². The van der Waals surface area contributed by atoms with E-state index in [0.717, 1.165) is 31.4 Å². The van der Waals surface area contributed by atoms with Gasteiger partial charge in [-0.3, -0.25) is 14.6 Å². The number of rotatable bonds is 3. The third-order valence-corrected chi connectivity index (χ3v) is 5.92. The molecule has 31 heavy (non-hydrogen) atoms. The Morgan fingerprint density at radius 1 is 1.23 bits per heavy atom. The van der Waals surface area contributed by atoms with E-state index in [-0.39, 0.29) is 23.4 Å². The molecule has 3 aliphatic rings. The molecule has 11 heteroatoms. The first kappa shape index (κ1) is 21.5. The number of hydrazine groups is 1. The minimum atomic E-state index is -1.72. The van der Waals surface area contributed by atoms with E-state index in [1.54, 1.807) is 4.90 Å². The largest absolute Gasteiger partial charge is 0.507 e. The Morgan fingerprint density at radius 2 is 1.97 bits per heavy atom. The zero-order chi connectivity index (χ0) is 22.3. The fourth-order valence-electron chi connectivity index (χ4n) is 3.86. The van der Waals surface area contributed by atoms with E-state index in [2.05, 4.69) is 5.32 Å². The van der Waals surface area contributed by atoms with Gasteiger partial charge in [0.15, 0.2) is 11.5 Å². The summed E-state index contributed by atoms with van der Waals surface area (Å²) in [5, 5.41) is 26.0. The highest BCUT2D eigenvalue weighted by Gasteiger charge is 2.42. The number of aliphatic hydroxyl groups excluding tert-OH is 2. The molecule has 2 bridgehead atoms. The summed E-state index contributed by atoms with van der Waals surface area (Å²) in [7, 11) is 0. The molecule has 0 spiro atoms. The molecule has 2 fully saturated rings. The number of aliphatic hydroxyl groups is 2. The SMILES string of the molecule is O=C(NCc1ccc(F)c(Cl)c1F)C1=CN2C(=C(O)C1O)C(=O)N1CCCCCN2C1. The lowest BCUT2D eigenvalue weighted by atomic mass is 10.0. The average Bonchev–Trinajstić information content (AvgIpc) is 2.73. The Hall–Kier alpha value is -2.69. The van der Waals surface area contributed by atoms with E-state index in [1.807, 2.05) is 5.01 Å². The fourth-order valence-corrected chi connectivity index (χ4v) is 4.04. The van der Waals surface area contributed by atoms with Gasteiger partial charge in [-0.15, -0.1) is 0 Å². The summed E-state index contributed by atoms with van der Waals surface area (Å²) in [6.07, 6.45) is 2.24. The van der Waals surface area contributed by atoms with E-state index in [4.69, 9.17) is 11.6 Å². The minimum absolute atomic E-state index is 0.0429. The minimum Gasteiger partial charge on any atom is -0.507 e. The highest BCUT2D eigenvalue weighted by Crippen LogP contribution is 2.32. The average molecular weight is 455 g/mol. The molecule has 3 aliphatic heterocycles. The summed E-state index contributed by atoms with van der Waals surface area (Å²) in [6, 6.07) is 2.13. The number of carbonyl (C=O) groups excluding carboxylic acids is 2. The molecule has 2 atom stereocenters. The molecule has 3 N–H and O–H groups in total. The summed E-state index contributed by atoms with van der Waals surface area (Å²) < 4.78 is 27.4. The molecule has 0 aliphatic carbocycles. The topological polar surface area (TPSA) is 96.3 Å². The normalized spacial score (nSPS) is 23.7. The van der Waals surface area contributed by atoms with Gasteiger partial charge in [0.2, 0.25) is 0 Å². The Labute approximate surface area is 181 Å². The first-order valence-corrected chi connectivity index (χ1v) is 10.2. The first-order valence-electron chi connectivity index (χ1n) is 9.86. The Morgan fingerprint density at radius 3 is 2.74 bits per heavy atom. The molecule has 2 amide bonds. The Bertz CT molecular complexity index is 1000. The molecule has 166 valence electrons. The van der Waals surface area contributed by atoms with Crippen LogP contribution in [-0.4, -0.2) is 62.8 Å². The second-order valence-corrected chi connectivity index (χ2v) is 7.96. The lowest BCUT2D eigenvalue weighted by Gasteiger charge is -2.47. The predicted octanol–water partition coefficient (Wildman–Crippen LogP) is 1.76. The maximum Gasteiger partial charge on any atom is 0.276 e. The molecular formula is C20H21ClF2N4O4. The molecular weight excluding hydrogens is 434 g/mol. The second kappa shape index (κ2) is 8.45. The third-order valence-electron chi connectivity index (χ3n) is 5.58. The number of nitrogens with zero attached hydrogens (tertiary/aromatic N) is 3. The van der Waals surface area contributed by atoms with Crippen molar-refractivity contribution >= 4 is 23.4 Å². The van der Waals surface area contributed by atoms with Gasteiger partial charge in [0.05, 0.1) is 12.2 Å². The lowest BCUT2D eigenvalue weighted by molar-refractivity contribution is -0.148. The highest BCUT2D eigenvalue weighted by atomic mass is 35.5. The number of halogens is 3. The number of fused-ring (bicyclic) bond motifs is 4. The van der Waals surface area contributed by atoms with Gasteiger partial charge in [0.25, 0.3) is 11.8 Å². The molecule has 8 nitrogen and oxygen atoms in total. The first-order chi connectivity index (χ1) is 14.8. The summed E-state index contributed by atoms with van der Waals surface area (Å²) in [6.45, 7) is 1.12. The van der Waals surface area contributed by atoms with Crippen LogP contribution in [0.4, 0.5) is 8.78 Å². The monoisotopic (exact) mass is 454 g/mol. The molecule has 1 aromatic rings. The molecule has 3 heterocycles. The maximum absolute atomic E-state index is 14.1. The predicted molar refractivity (Wildman–Crippen MR) is 106 cm³/mol. The molecule has 1 aromatic carbocycles. The molecule has 0 radical (unpaired) electrons. The summed E-state index contributed by atoms with van der Waals surface area (Å²) >= 11 is 5.55. The summed E-state index contributed by atoms with van der Waals surface area (Å²) in [5.74, 6) is -3.73. The van der Waals surface area contributed by atoms with Gasteiger partial charge in [0.1, 0.15) is 22.8 Å². The van der Waals surface area contributed by atoms with Crippen LogP contribution in [0.3, 0.4) is 0 Å². The van der Waals surface area contributed by atoms with E-state index in [0.29, 0.717) is 19.8 Å². The van der Waals surface area contributed by atoms with Gasteiger partial charge < -0.3 is 20.4 Å². The Balaban J connectivity index is 1.57. The van der Waals surface area contributed by atoms with Crippen LogP contribution in [0.15, 0.2) is 35.4 Å². The van der Waals surface area contributed by atoms with Gasteiger partial charge >= 0.3 is 0 Å². The van der Waals surface area contributed by atoms with Crippen molar-refractivity contribution in [2.75, 3.05) is 19.8 Å². The zero-order valence-electron chi connectivity index (χ0n) is 16.4. The van der Waals surface area contributed by atoms with E-state index >= 15 is 0 Å². The molecule has 2 saturated heterocycles. The molecule has 4 rings (SSSR count).